The first-order valence-corrected chi connectivity index (χ1v) is 8.19. The maximum absolute atomic E-state index is 12.3. The summed E-state index contributed by atoms with van der Waals surface area (Å²) < 4.78 is 9.72. The van der Waals surface area contributed by atoms with E-state index in [1.807, 2.05) is 44.2 Å². The first-order valence-electron chi connectivity index (χ1n) is 8.19. The first-order chi connectivity index (χ1) is 11.8. The molecular formula is C18H26N2O5. The largest absolute Gasteiger partial charge is 0.467 e. The van der Waals surface area contributed by atoms with E-state index in [9.17, 15) is 14.4 Å². The maximum atomic E-state index is 12.3. The average molecular weight is 350 g/mol. The summed E-state index contributed by atoms with van der Waals surface area (Å²) in [7, 11) is 1.25. The van der Waals surface area contributed by atoms with Crippen LogP contribution >= 0.6 is 0 Å². The first kappa shape index (κ1) is 20.5. The predicted molar refractivity (Wildman–Crippen MR) is 92.6 cm³/mol. The molecular weight excluding hydrogens is 324 g/mol. The van der Waals surface area contributed by atoms with Crippen molar-refractivity contribution in [1.82, 2.24) is 10.6 Å². The summed E-state index contributed by atoms with van der Waals surface area (Å²) in [6, 6.07) is 7.65. The highest BCUT2D eigenvalue weighted by atomic mass is 16.5. The van der Waals surface area contributed by atoms with Crippen molar-refractivity contribution in [1.29, 1.82) is 0 Å². The van der Waals surface area contributed by atoms with Gasteiger partial charge in [-0.25, -0.2) is 9.59 Å². The van der Waals surface area contributed by atoms with Crippen molar-refractivity contribution in [3.63, 3.8) is 0 Å². The molecule has 1 aromatic carbocycles. The number of carbonyl (C=O) groups excluding carboxylic acids is 3. The predicted octanol–water partition coefficient (Wildman–Crippen LogP) is 2.01. The average Bonchev–Trinajstić information content (AvgIpc) is 2.59. The van der Waals surface area contributed by atoms with Gasteiger partial charge in [0, 0.05) is 0 Å². The van der Waals surface area contributed by atoms with E-state index in [4.69, 9.17) is 4.74 Å². The zero-order valence-electron chi connectivity index (χ0n) is 15.1. The SMILES string of the molecule is COC(=O)C(C)NC(=O)C(CC(C)C)NC(=O)OCc1ccccc1. The van der Waals surface area contributed by atoms with Crippen LogP contribution < -0.4 is 10.6 Å². The van der Waals surface area contributed by atoms with Gasteiger partial charge in [-0.3, -0.25) is 4.79 Å². The van der Waals surface area contributed by atoms with E-state index in [1.54, 1.807) is 0 Å². The second kappa shape index (κ2) is 10.3. The highest BCUT2D eigenvalue weighted by Gasteiger charge is 2.25. The summed E-state index contributed by atoms with van der Waals surface area (Å²) in [5.74, 6) is -0.842. The van der Waals surface area contributed by atoms with Gasteiger partial charge in [0.2, 0.25) is 5.91 Å². The quantitative estimate of drug-likeness (QED) is 0.700. The number of hydrogen-bond acceptors (Lipinski definition) is 5. The van der Waals surface area contributed by atoms with E-state index in [-0.39, 0.29) is 12.5 Å². The van der Waals surface area contributed by atoms with E-state index in [2.05, 4.69) is 15.4 Å². The highest BCUT2D eigenvalue weighted by Crippen LogP contribution is 2.07. The molecule has 0 saturated carbocycles. The van der Waals surface area contributed by atoms with Crippen LogP contribution in [0.2, 0.25) is 0 Å². The number of carbonyl (C=O) groups is 3. The smallest absolute Gasteiger partial charge is 0.408 e. The number of esters is 1. The highest BCUT2D eigenvalue weighted by molar-refractivity contribution is 5.89. The Kier molecular flexibility index (Phi) is 8.46. The van der Waals surface area contributed by atoms with Crippen molar-refractivity contribution >= 4 is 18.0 Å². The summed E-state index contributed by atoms with van der Waals surface area (Å²) in [6.45, 7) is 5.49. The molecule has 2 N–H and O–H groups in total. The van der Waals surface area contributed by atoms with Gasteiger partial charge in [-0.1, -0.05) is 44.2 Å². The molecule has 0 bridgehead atoms. The van der Waals surface area contributed by atoms with Gasteiger partial charge in [0.15, 0.2) is 0 Å². The normalized spacial score (nSPS) is 12.8. The molecule has 1 rings (SSSR count). The Morgan fingerprint density at radius 1 is 1.04 bits per heavy atom. The molecule has 0 aliphatic carbocycles. The Labute approximate surface area is 148 Å². The number of rotatable bonds is 8. The molecule has 0 fully saturated rings. The molecule has 0 aromatic heterocycles. The number of amides is 2. The van der Waals surface area contributed by atoms with E-state index < -0.39 is 30.1 Å². The zero-order valence-corrected chi connectivity index (χ0v) is 15.1. The summed E-state index contributed by atoms with van der Waals surface area (Å²) in [6.07, 6.45) is -0.268. The molecule has 0 radical (unpaired) electrons. The summed E-state index contributed by atoms with van der Waals surface area (Å²) in [5.41, 5.74) is 0.849. The van der Waals surface area contributed by atoms with Crippen LogP contribution in [0.3, 0.4) is 0 Å². The fourth-order valence-corrected chi connectivity index (χ4v) is 2.16. The van der Waals surface area contributed by atoms with Crippen LogP contribution in [0.4, 0.5) is 4.79 Å². The lowest BCUT2D eigenvalue weighted by atomic mass is 10.0. The Morgan fingerprint density at radius 3 is 2.24 bits per heavy atom. The molecule has 2 unspecified atom stereocenters. The topological polar surface area (TPSA) is 93.7 Å². The Hall–Kier alpha value is -2.57. The lowest BCUT2D eigenvalue weighted by Gasteiger charge is -2.21. The molecule has 0 aliphatic rings. The number of hydrogen-bond donors (Lipinski definition) is 2. The number of benzene rings is 1. The Morgan fingerprint density at radius 2 is 1.68 bits per heavy atom. The molecule has 1 aromatic rings. The minimum atomic E-state index is -0.797. The van der Waals surface area contributed by atoms with Gasteiger partial charge in [0.05, 0.1) is 7.11 Å². The van der Waals surface area contributed by atoms with E-state index in [0.29, 0.717) is 6.42 Å². The van der Waals surface area contributed by atoms with Gasteiger partial charge in [0.1, 0.15) is 18.7 Å². The molecule has 0 heterocycles. The second-order valence-electron chi connectivity index (χ2n) is 6.14. The summed E-state index contributed by atoms with van der Waals surface area (Å²) in [5, 5.41) is 5.09. The third-order valence-electron chi connectivity index (χ3n) is 3.44. The third kappa shape index (κ3) is 7.69. The van der Waals surface area contributed by atoms with E-state index in [1.165, 1.54) is 14.0 Å². The molecule has 2 atom stereocenters. The number of alkyl carbamates (subject to hydrolysis) is 1. The molecule has 0 spiro atoms. The van der Waals surface area contributed by atoms with Crippen molar-refractivity contribution < 1.29 is 23.9 Å². The third-order valence-corrected chi connectivity index (χ3v) is 3.44. The molecule has 7 heteroatoms. The van der Waals surface area contributed by atoms with Crippen molar-refractivity contribution in [2.45, 2.75) is 45.9 Å². The second-order valence-corrected chi connectivity index (χ2v) is 6.14. The summed E-state index contributed by atoms with van der Waals surface area (Å²) >= 11 is 0. The molecule has 2 amide bonds. The van der Waals surface area contributed by atoms with Crippen LogP contribution in [0, 0.1) is 5.92 Å². The monoisotopic (exact) mass is 350 g/mol. The number of ether oxygens (including phenoxy) is 2. The molecule has 7 nitrogen and oxygen atoms in total. The van der Waals surface area contributed by atoms with Crippen LogP contribution in [0.25, 0.3) is 0 Å². The van der Waals surface area contributed by atoms with E-state index >= 15 is 0 Å². The molecule has 25 heavy (non-hydrogen) atoms. The fraction of sp³-hybridized carbons (Fsp3) is 0.500. The lowest BCUT2D eigenvalue weighted by molar-refractivity contribution is -0.144. The molecule has 0 saturated heterocycles. The van der Waals surface area contributed by atoms with Crippen LogP contribution in [0.1, 0.15) is 32.8 Å². The van der Waals surface area contributed by atoms with Crippen molar-refractivity contribution in [3.8, 4) is 0 Å². The van der Waals surface area contributed by atoms with Crippen LogP contribution in [-0.4, -0.2) is 37.2 Å². The minimum absolute atomic E-state index is 0.112. The standard InChI is InChI=1S/C18H26N2O5/c1-12(2)10-15(16(21)19-13(3)17(22)24-4)20-18(23)25-11-14-8-6-5-7-9-14/h5-9,12-13,15H,10-11H2,1-4H3,(H,19,21)(H,20,23). The van der Waals surface area contributed by atoms with Crippen molar-refractivity contribution in [2.75, 3.05) is 7.11 Å². The zero-order chi connectivity index (χ0) is 18.8. The van der Waals surface area contributed by atoms with Crippen molar-refractivity contribution in [3.05, 3.63) is 35.9 Å². The van der Waals surface area contributed by atoms with Gasteiger partial charge in [0.25, 0.3) is 0 Å². The molecule has 0 aliphatic heterocycles. The van der Waals surface area contributed by atoms with Crippen LogP contribution in [-0.2, 0) is 25.7 Å². The van der Waals surface area contributed by atoms with E-state index in [0.717, 1.165) is 5.56 Å². The van der Waals surface area contributed by atoms with Crippen LogP contribution in [0.5, 0.6) is 0 Å². The lowest BCUT2D eigenvalue weighted by Crippen LogP contribution is -2.51. The molecule has 138 valence electrons. The fourth-order valence-electron chi connectivity index (χ4n) is 2.16. The van der Waals surface area contributed by atoms with Gasteiger partial charge in [-0.2, -0.15) is 0 Å². The van der Waals surface area contributed by atoms with Gasteiger partial charge in [-0.15, -0.1) is 0 Å². The Bertz CT molecular complexity index is 574. The van der Waals surface area contributed by atoms with Gasteiger partial charge >= 0.3 is 12.1 Å². The van der Waals surface area contributed by atoms with Crippen molar-refractivity contribution in [2.24, 2.45) is 5.92 Å². The Balaban J connectivity index is 2.60. The maximum Gasteiger partial charge on any atom is 0.408 e. The van der Waals surface area contributed by atoms with Crippen LogP contribution in [0.15, 0.2) is 30.3 Å². The summed E-state index contributed by atoms with van der Waals surface area (Å²) in [4.78, 5) is 35.7. The number of methoxy groups -OCH3 is 1. The van der Waals surface area contributed by atoms with Gasteiger partial charge < -0.3 is 20.1 Å². The minimum Gasteiger partial charge on any atom is -0.467 e. The number of nitrogens with one attached hydrogen (secondary N) is 2. The van der Waals surface area contributed by atoms with Gasteiger partial charge in [-0.05, 0) is 24.8 Å².